The van der Waals surface area contributed by atoms with E-state index in [0.717, 1.165) is 17.1 Å². The lowest BCUT2D eigenvalue weighted by atomic mass is 9.74. The lowest BCUT2D eigenvalue weighted by molar-refractivity contribution is 0.662. The number of para-hydroxylation sites is 1. The van der Waals surface area contributed by atoms with Crippen LogP contribution in [0, 0.1) is 0 Å². The summed E-state index contributed by atoms with van der Waals surface area (Å²) in [6.07, 6.45) is 0. The average Bonchev–Trinajstić information content (AvgIpc) is 3.63. The van der Waals surface area contributed by atoms with Gasteiger partial charge in [-0.25, -0.2) is 0 Å². The minimum Gasteiger partial charge on any atom is -0.310 e. The SMILES string of the molecule is CC1(C)c2ccccc2-c2cccc(-c3cccc(N(c4ccc5c(c4)C(C)(c4ccccc4)c4ccccc4-5)c4ccccc4-c4ccccc4)c3)c21. The second-order valence-corrected chi connectivity index (χ2v) is 15.4. The van der Waals surface area contributed by atoms with Crippen LogP contribution in [0.2, 0.25) is 0 Å². The molecule has 0 spiro atoms. The van der Waals surface area contributed by atoms with Gasteiger partial charge in [0.2, 0.25) is 0 Å². The molecule has 0 radical (unpaired) electrons. The molecule has 1 unspecified atom stereocenters. The van der Waals surface area contributed by atoms with E-state index in [1.165, 1.54) is 72.3 Å². The zero-order valence-corrected chi connectivity index (χ0v) is 30.9. The van der Waals surface area contributed by atoms with Crippen LogP contribution in [-0.4, -0.2) is 0 Å². The minimum absolute atomic E-state index is 0.116. The molecule has 0 bridgehead atoms. The van der Waals surface area contributed by atoms with E-state index >= 15 is 0 Å². The Balaban J connectivity index is 1.20. The molecule has 258 valence electrons. The molecule has 0 saturated heterocycles. The molecule has 0 saturated carbocycles. The van der Waals surface area contributed by atoms with Crippen LogP contribution in [0.15, 0.2) is 194 Å². The summed E-state index contributed by atoms with van der Waals surface area (Å²) in [5.41, 5.74) is 19.9. The van der Waals surface area contributed by atoms with E-state index in [2.05, 4.69) is 220 Å². The molecule has 1 atom stereocenters. The summed E-state index contributed by atoms with van der Waals surface area (Å²) in [5.74, 6) is 0. The fraction of sp³-hybridized carbons (Fsp3) is 0.0943. The average molecular weight is 692 g/mol. The van der Waals surface area contributed by atoms with E-state index < -0.39 is 0 Å². The first kappa shape index (κ1) is 32.2. The lowest BCUT2D eigenvalue weighted by Crippen LogP contribution is -2.23. The molecule has 0 fully saturated rings. The molecule has 2 aliphatic rings. The normalized spacial score (nSPS) is 15.9. The van der Waals surface area contributed by atoms with Crippen molar-refractivity contribution in [2.45, 2.75) is 31.6 Å². The Morgan fingerprint density at radius 3 is 1.67 bits per heavy atom. The number of nitrogens with zero attached hydrogens (tertiary/aromatic N) is 1. The predicted octanol–water partition coefficient (Wildman–Crippen LogP) is 14.1. The van der Waals surface area contributed by atoms with Crippen LogP contribution in [0.5, 0.6) is 0 Å². The van der Waals surface area contributed by atoms with Gasteiger partial charge in [-0.05, 0) is 104 Å². The van der Waals surface area contributed by atoms with Crippen LogP contribution in [0.1, 0.15) is 48.6 Å². The summed E-state index contributed by atoms with van der Waals surface area (Å²) in [4.78, 5) is 2.48. The van der Waals surface area contributed by atoms with E-state index in [0.29, 0.717) is 0 Å². The molecule has 0 aromatic heterocycles. The van der Waals surface area contributed by atoms with E-state index in [9.17, 15) is 0 Å². The Bertz CT molecular complexity index is 2700. The van der Waals surface area contributed by atoms with Crippen LogP contribution in [0.25, 0.3) is 44.5 Å². The third-order valence-electron chi connectivity index (χ3n) is 12.1. The van der Waals surface area contributed by atoms with Crippen LogP contribution in [0.3, 0.4) is 0 Å². The number of fused-ring (bicyclic) bond motifs is 6. The van der Waals surface area contributed by atoms with Gasteiger partial charge in [0, 0.05) is 27.8 Å². The maximum absolute atomic E-state index is 2.48. The predicted molar refractivity (Wildman–Crippen MR) is 227 cm³/mol. The van der Waals surface area contributed by atoms with E-state index in [-0.39, 0.29) is 10.8 Å². The molecule has 0 aliphatic heterocycles. The summed E-state index contributed by atoms with van der Waals surface area (Å²) in [5, 5.41) is 0. The van der Waals surface area contributed by atoms with Crippen molar-refractivity contribution in [3.05, 3.63) is 222 Å². The van der Waals surface area contributed by atoms with Crippen molar-refractivity contribution in [2.24, 2.45) is 0 Å². The molecule has 0 amide bonds. The summed E-state index contributed by atoms with van der Waals surface area (Å²) < 4.78 is 0. The Hall–Kier alpha value is -6.44. The Morgan fingerprint density at radius 1 is 0.352 bits per heavy atom. The summed E-state index contributed by atoms with van der Waals surface area (Å²) in [6, 6.07) is 71.6. The van der Waals surface area contributed by atoms with Gasteiger partial charge in [-0.15, -0.1) is 0 Å². The van der Waals surface area contributed by atoms with Gasteiger partial charge in [0.25, 0.3) is 0 Å². The fourth-order valence-corrected chi connectivity index (χ4v) is 9.56. The van der Waals surface area contributed by atoms with Crippen LogP contribution < -0.4 is 4.90 Å². The molecule has 54 heavy (non-hydrogen) atoms. The maximum atomic E-state index is 2.48. The largest absolute Gasteiger partial charge is 0.310 e. The number of rotatable bonds is 6. The van der Waals surface area contributed by atoms with Gasteiger partial charge in [-0.2, -0.15) is 0 Å². The van der Waals surface area contributed by atoms with E-state index in [4.69, 9.17) is 0 Å². The zero-order valence-electron chi connectivity index (χ0n) is 30.9. The smallest absolute Gasteiger partial charge is 0.0540 e. The van der Waals surface area contributed by atoms with Crippen LogP contribution >= 0.6 is 0 Å². The van der Waals surface area contributed by atoms with Gasteiger partial charge in [0.1, 0.15) is 0 Å². The summed E-state index contributed by atoms with van der Waals surface area (Å²) in [6.45, 7) is 7.15. The molecular weight excluding hydrogens is 651 g/mol. The molecule has 8 aromatic rings. The highest BCUT2D eigenvalue weighted by Crippen LogP contribution is 2.55. The monoisotopic (exact) mass is 691 g/mol. The summed E-state index contributed by atoms with van der Waals surface area (Å²) >= 11 is 0. The van der Waals surface area contributed by atoms with Crippen molar-refractivity contribution in [3.63, 3.8) is 0 Å². The van der Waals surface area contributed by atoms with Crippen LogP contribution in [-0.2, 0) is 10.8 Å². The number of hydrogen-bond donors (Lipinski definition) is 0. The summed E-state index contributed by atoms with van der Waals surface area (Å²) in [7, 11) is 0. The van der Waals surface area contributed by atoms with E-state index in [1.807, 2.05) is 0 Å². The molecule has 0 heterocycles. The molecule has 1 nitrogen and oxygen atoms in total. The molecule has 10 rings (SSSR count). The minimum atomic E-state index is -0.305. The third kappa shape index (κ3) is 4.78. The Kier molecular flexibility index (Phi) is 7.35. The van der Waals surface area contributed by atoms with Crippen molar-refractivity contribution in [1.82, 2.24) is 0 Å². The molecule has 1 heteroatoms. The van der Waals surface area contributed by atoms with Gasteiger partial charge in [0.15, 0.2) is 0 Å². The van der Waals surface area contributed by atoms with Gasteiger partial charge in [-0.3, -0.25) is 0 Å². The molecule has 2 aliphatic carbocycles. The van der Waals surface area contributed by atoms with Gasteiger partial charge in [-0.1, -0.05) is 178 Å². The fourth-order valence-electron chi connectivity index (χ4n) is 9.56. The van der Waals surface area contributed by atoms with Crippen molar-refractivity contribution in [2.75, 3.05) is 4.90 Å². The van der Waals surface area contributed by atoms with Crippen molar-refractivity contribution in [1.29, 1.82) is 0 Å². The topological polar surface area (TPSA) is 3.24 Å². The van der Waals surface area contributed by atoms with Crippen LogP contribution in [0.4, 0.5) is 17.1 Å². The maximum Gasteiger partial charge on any atom is 0.0540 e. The first-order valence-corrected chi connectivity index (χ1v) is 19.0. The van der Waals surface area contributed by atoms with Gasteiger partial charge < -0.3 is 4.90 Å². The first-order chi connectivity index (χ1) is 26.4. The van der Waals surface area contributed by atoms with E-state index in [1.54, 1.807) is 0 Å². The highest BCUT2D eigenvalue weighted by atomic mass is 15.1. The highest BCUT2D eigenvalue weighted by Gasteiger charge is 2.41. The third-order valence-corrected chi connectivity index (χ3v) is 12.1. The van der Waals surface area contributed by atoms with Gasteiger partial charge >= 0.3 is 0 Å². The molecule has 0 N–H and O–H groups in total. The second-order valence-electron chi connectivity index (χ2n) is 15.4. The second kappa shape index (κ2) is 12.3. The Labute approximate surface area is 318 Å². The Morgan fingerprint density at radius 2 is 0.889 bits per heavy atom. The van der Waals surface area contributed by atoms with Crippen molar-refractivity contribution >= 4 is 17.1 Å². The molecular formula is C53H41N. The number of hydrogen-bond acceptors (Lipinski definition) is 1. The quantitative estimate of drug-likeness (QED) is 0.168. The lowest BCUT2D eigenvalue weighted by Gasteiger charge is -2.32. The first-order valence-electron chi connectivity index (χ1n) is 19.0. The van der Waals surface area contributed by atoms with Crippen molar-refractivity contribution < 1.29 is 0 Å². The number of benzene rings is 8. The van der Waals surface area contributed by atoms with Gasteiger partial charge in [0.05, 0.1) is 5.69 Å². The van der Waals surface area contributed by atoms with Crippen molar-refractivity contribution in [3.8, 4) is 44.5 Å². The highest BCUT2D eigenvalue weighted by molar-refractivity contribution is 5.93. The molecule has 8 aromatic carbocycles. The standard InChI is InChI=1S/C53H41N/c1-52(2)47-29-13-10-26-44(47)46-28-17-27-42(51(46)52)37-20-16-23-39(34-37)54(50-31-15-12-24-41(50)36-18-6-4-7-19-36)40-32-33-45-43-25-11-14-30-48(43)53(3,49(45)35-40)38-21-8-5-9-22-38/h4-35H,1-3H3. The zero-order chi connectivity index (χ0) is 36.4. The number of anilines is 3.